The highest BCUT2D eigenvalue weighted by Crippen LogP contribution is 2.31. The molecule has 2 aliphatic rings. The highest BCUT2D eigenvalue weighted by Gasteiger charge is 2.32. The lowest BCUT2D eigenvalue weighted by molar-refractivity contribution is 0.247. The van der Waals surface area contributed by atoms with Crippen LogP contribution in [0.2, 0.25) is 0 Å². The molecule has 1 unspecified atom stereocenters. The normalized spacial score (nSPS) is 19.5. The predicted octanol–water partition coefficient (Wildman–Crippen LogP) is 2.61. The van der Waals surface area contributed by atoms with Crippen molar-refractivity contribution in [2.45, 2.75) is 13.2 Å². The number of hydrogen-bond acceptors (Lipinski definition) is 6. The molecule has 3 heterocycles. The van der Waals surface area contributed by atoms with E-state index in [4.69, 9.17) is 4.99 Å². The first kappa shape index (κ1) is 15.2. The van der Waals surface area contributed by atoms with Gasteiger partial charge in [-0.05, 0) is 37.3 Å². The van der Waals surface area contributed by atoms with Gasteiger partial charge in [0.15, 0.2) is 12.1 Å². The number of benzene rings is 1. The Bertz CT molecular complexity index is 891. The maximum atomic E-state index is 10.6. The predicted molar refractivity (Wildman–Crippen MR) is 97.9 cm³/mol. The molecule has 7 heteroatoms. The van der Waals surface area contributed by atoms with Gasteiger partial charge in [-0.15, -0.1) is 5.10 Å². The third-order valence-corrected chi connectivity index (χ3v) is 4.47. The summed E-state index contributed by atoms with van der Waals surface area (Å²) in [6.45, 7) is 2.08. The van der Waals surface area contributed by atoms with Crippen molar-refractivity contribution in [1.29, 1.82) is 0 Å². The van der Waals surface area contributed by atoms with Crippen LogP contribution in [0.15, 0.2) is 62.3 Å². The Labute approximate surface area is 147 Å². The van der Waals surface area contributed by atoms with Crippen LogP contribution in [0, 0.1) is 0 Å². The third-order valence-electron chi connectivity index (χ3n) is 3.98. The summed E-state index contributed by atoms with van der Waals surface area (Å²) in [6, 6.07) is 11.6. The number of halogens is 1. The van der Waals surface area contributed by atoms with Gasteiger partial charge in [0.25, 0.3) is 0 Å². The van der Waals surface area contributed by atoms with Crippen molar-refractivity contribution in [3.05, 3.63) is 58.3 Å². The monoisotopic (exact) mass is 383 g/mol. The topological polar surface area (TPSA) is 73.4 Å². The average Bonchev–Trinajstić information content (AvgIpc) is 2.76. The number of rotatable bonds is 1. The van der Waals surface area contributed by atoms with Gasteiger partial charge in [-0.2, -0.15) is 5.10 Å². The first-order chi connectivity index (χ1) is 11.6. The second kappa shape index (κ2) is 5.92. The van der Waals surface area contributed by atoms with E-state index in [2.05, 4.69) is 31.1 Å². The molecule has 24 heavy (non-hydrogen) atoms. The lowest BCUT2D eigenvalue weighted by atomic mass is 10.0. The first-order valence-electron chi connectivity index (χ1n) is 7.49. The molecule has 1 aromatic heterocycles. The maximum absolute atomic E-state index is 10.6. The van der Waals surface area contributed by atoms with Crippen molar-refractivity contribution in [2.24, 2.45) is 15.2 Å². The van der Waals surface area contributed by atoms with Crippen molar-refractivity contribution in [3.63, 3.8) is 0 Å². The molecule has 120 valence electrons. The van der Waals surface area contributed by atoms with E-state index in [0.717, 1.165) is 27.1 Å². The van der Waals surface area contributed by atoms with Crippen LogP contribution in [0.25, 0.3) is 0 Å². The number of hydrogen-bond donors (Lipinski definition) is 1. The van der Waals surface area contributed by atoms with Gasteiger partial charge < -0.3 is 5.11 Å². The fourth-order valence-corrected chi connectivity index (χ4v) is 3.17. The number of pyridine rings is 1. The van der Waals surface area contributed by atoms with Gasteiger partial charge in [0, 0.05) is 16.2 Å². The van der Waals surface area contributed by atoms with Gasteiger partial charge in [0.2, 0.25) is 0 Å². The molecule has 2 aromatic rings. The summed E-state index contributed by atoms with van der Waals surface area (Å²) in [5, 5.41) is 18.9. The molecule has 0 spiro atoms. The first-order valence-corrected chi connectivity index (χ1v) is 8.28. The van der Waals surface area contributed by atoms with Crippen molar-refractivity contribution < 1.29 is 5.11 Å². The average molecular weight is 384 g/mol. The van der Waals surface area contributed by atoms with E-state index < -0.39 is 6.23 Å². The molecule has 1 atom stereocenters. The minimum Gasteiger partial charge on any atom is -0.368 e. The molecule has 0 saturated heterocycles. The molecule has 1 aromatic carbocycles. The van der Waals surface area contributed by atoms with E-state index in [9.17, 15) is 5.11 Å². The number of nitrogens with zero attached hydrogens (tertiary/aromatic N) is 5. The fraction of sp³-hybridized carbons (Fsp3) is 0.176. The molecule has 0 bridgehead atoms. The van der Waals surface area contributed by atoms with Crippen LogP contribution in [-0.4, -0.2) is 40.1 Å². The molecule has 0 saturated carbocycles. The summed E-state index contributed by atoms with van der Waals surface area (Å²) in [6.07, 6.45) is 0.892. The molecule has 0 amide bonds. The summed E-state index contributed by atoms with van der Waals surface area (Å²) < 4.78 is 0.933. The highest BCUT2D eigenvalue weighted by atomic mass is 79.9. The second-order valence-electron chi connectivity index (χ2n) is 5.54. The van der Waals surface area contributed by atoms with Gasteiger partial charge in [-0.3, -0.25) is 14.9 Å². The Hall–Kier alpha value is -2.38. The molecule has 2 aliphatic heterocycles. The molecule has 0 radical (unpaired) electrons. The smallest absolute Gasteiger partial charge is 0.173 e. The summed E-state index contributed by atoms with van der Waals surface area (Å²) in [7, 11) is 0. The van der Waals surface area contributed by atoms with Crippen LogP contribution in [0.3, 0.4) is 0 Å². The lowest BCUT2D eigenvalue weighted by Gasteiger charge is -2.32. The van der Waals surface area contributed by atoms with Crippen LogP contribution in [0.5, 0.6) is 0 Å². The zero-order chi connectivity index (χ0) is 16.7. The quantitative estimate of drug-likeness (QED) is 0.822. The molecular weight excluding hydrogens is 370 g/mol. The van der Waals surface area contributed by atoms with Crippen molar-refractivity contribution in [3.8, 4) is 0 Å². The number of fused-ring (bicyclic) bond motifs is 3. The maximum Gasteiger partial charge on any atom is 0.173 e. The van der Waals surface area contributed by atoms with Crippen molar-refractivity contribution in [1.82, 2.24) is 4.98 Å². The minimum absolute atomic E-state index is 0.325. The SMILES string of the molecule is CC1=NN=C2CN=C(c3ccccn3)c3cc(Br)ccc3N2C1O. The number of aliphatic hydroxyl groups excluding tert-OH is 1. The van der Waals surface area contributed by atoms with Crippen molar-refractivity contribution in [2.75, 3.05) is 11.4 Å². The van der Waals surface area contributed by atoms with Crippen LogP contribution in [-0.2, 0) is 0 Å². The number of aliphatic imine (C=N–C) groups is 1. The Morgan fingerprint density at radius 1 is 1.21 bits per heavy atom. The summed E-state index contributed by atoms with van der Waals surface area (Å²) in [5.41, 5.74) is 3.83. The standard InChI is InChI=1S/C17H14BrN5O/c1-10-17(24)23-14-6-5-11(18)8-12(14)16(13-4-2-3-7-19-13)20-9-15(23)22-21-10/h2-8,17,24H,9H2,1H3. The van der Waals surface area contributed by atoms with E-state index in [1.807, 2.05) is 36.4 Å². The number of aliphatic hydroxyl groups is 1. The zero-order valence-electron chi connectivity index (χ0n) is 12.9. The minimum atomic E-state index is -0.851. The molecule has 4 rings (SSSR count). The summed E-state index contributed by atoms with van der Waals surface area (Å²) in [4.78, 5) is 10.9. The van der Waals surface area contributed by atoms with Gasteiger partial charge >= 0.3 is 0 Å². The Balaban J connectivity index is 1.94. The van der Waals surface area contributed by atoms with E-state index >= 15 is 0 Å². The lowest BCUT2D eigenvalue weighted by Crippen LogP contribution is -2.47. The van der Waals surface area contributed by atoms with Gasteiger partial charge in [-0.1, -0.05) is 22.0 Å². The molecule has 1 N–H and O–H groups in total. The van der Waals surface area contributed by atoms with Crippen LogP contribution in [0.4, 0.5) is 5.69 Å². The Kier molecular flexibility index (Phi) is 3.74. The summed E-state index contributed by atoms with van der Waals surface area (Å²) >= 11 is 3.52. The van der Waals surface area contributed by atoms with E-state index in [-0.39, 0.29) is 0 Å². The summed E-state index contributed by atoms with van der Waals surface area (Å²) in [5.74, 6) is 0.614. The molecular formula is C17H14BrN5O. The number of anilines is 1. The van der Waals surface area contributed by atoms with Gasteiger partial charge in [0.05, 0.1) is 29.3 Å². The van der Waals surface area contributed by atoms with Crippen LogP contribution < -0.4 is 4.90 Å². The molecule has 0 aliphatic carbocycles. The largest absolute Gasteiger partial charge is 0.368 e. The van der Waals surface area contributed by atoms with Crippen LogP contribution >= 0.6 is 15.9 Å². The van der Waals surface area contributed by atoms with Crippen LogP contribution in [0.1, 0.15) is 18.2 Å². The van der Waals surface area contributed by atoms with E-state index in [1.54, 1.807) is 18.0 Å². The van der Waals surface area contributed by atoms with E-state index in [1.165, 1.54) is 0 Å². The Morgan fingerprint density at radius 3 is 2.88 bits per heavy atom. The van der Waals surface area contributed by atoms with E-state index in [0.29, 0.717) is 18.1 Å². The van der Waals surface area contributed by atoms with Gasteiger partial charge in [-0.25, -0.2) is 0 Å². The third kappa shape index (κ3) is 2.46. The van der Waals surface area contributed by atoms with Gasteiger partial charge in [0.1, 0.15) is 0 Å². The fourth-order valence-electron chi connectivity index (χ4n) is 2.81. The molecule has 0 fully saturated rings. The second-order valence-corrected chi connectivity index (χ2v) is 6.46. The highest BCUT2D eigenvalue weighted by molar-refractivity contribution is 9.10. The number of amidine groups is 1. The number of aromatic nitrogens is 1. The molecule has 6 nitrogen and oxygen atoms in total. The zero-order valence-corrected chi connectivity index (χ0v) is 14.5. The Morgan fingerprint density at radius 2 is 2.08 bits per heavy atom. The van der Waals surface area contributed by atoms with Crippen molar-refractivity contribution >= 4 is 38.9 Å².